The van der Waals surface area contributed by atoms with Gasteiger partial charge in [-0.15, -0.1) is 0 Å². The second-order valence-corrected chi connectivity index (χ2v) is 7.75. The molecule has 1 aliphatic carbocycles. The maximum Gasteiger partial charge on any atom is 0.209 e. The summed E-state index contributed by atoms with van der Waals surface area (Å²) in [4.78, 5) is 0. The van der Waals surface area contributed by atoms with Gasteiger partial charge in [-0.25, -0.2) is 17.9 Å². The second kappa shape index (κ2) is 6.50. The molecule has 1 saturated carbocycles. The van der Waals surface area contributed by atoms with E-state index in [0.29, 0.717) is 5.75 Å². The van der Waals surface area contributed by atoms with Gasteiger partial charge in [-0.05, 0) is 31.0 Å². The fourth-order valence-corrected chi connectivity index (χ4v) is 4.33. The van der Waals surface area contributed by atoms with Gasteiger partial charge in [0, 0.05) is 5.41 Å². The third-order valence-electron chi connectivity index (χ3n) is 3.85. The molecule has 2 N–H and O–H groups in total. The van der Waals surface area contributed by atoms with Crippen LogP contribution in [0.5, 0.6) is 5.75 Å². The van der Waals surface area contributed by atoms with Gasteiger partial charge < -0.3 is 4.74 Å². The molecule has 0 atom stereocenters. The molecule has 1 aliphatic rings. The van der Waals surface area contributed by atoms with E-state index in [1.54, 1.807) is 0 Å². The predicted octanol–water partition coefficient (Wildman–Crippen LogP) is 3.10. The lowest BCUT2D eigenvalue weighted by atomic mass is 9.76. The van der Waals surface area contributed by atoms with Crippen LogP contribution in [0, 0.1) is 11.2 Å². The number of hydrogen-bond donors (Lipinski definition) is 1. The van der Waals surface area contributed by atoms with Gasteiger partial charge in [0.05, 0.1) is 17.4 Å². The first-order chi connectivity index (χ1) is 9.80. The fraction of sp³-hybridized carbons (Fsp3) is 0.571. The Morgan fingerprint density at radius 2 is 1.95 bits per heavy atom. The summed E-state index contributed by atoms with van der Waals surface area (Å²) in [5, 5.41) is 5.39. The van der Waals surface area contributed by atoms with Crippen LogP contribution in [0.1, 0.15) is 32.1 Å². The Hall–Kier alpha value is -0.850. The van der Waals surface area contributed by atoms with E-state index < -0.39 is 21.3 Å². The molecule has 21 heavy (non-hydrogen) atoms. The largest absolute Gasteiger partial charge is 0.491 e. The minimum Gasteiger partial charge on any atom is -0.491 e. The minimum atomic E-state index is -3.58. The summed E-state index contributed by atoms with van der Waals surface area (Å²) >= 11 is 5.92. The molecule has 0 bridgehead atoms. The molecule has 118 valence electrons. The van der Waals surface area contributed by atoms with Crippen molar-refractivity contribution in [2.45, 2.75) is 32.1 Å². The number of sulfonamides is 1. The van der Waals surface area contributed by atoms with E-state index in [4.69, 9.17) is 21.5 Å². The Balaban J connectivity index is 2.12. The zero-order valence-electron chi connectivity index (χ0n) is 11.6. The number of rotatable bonds is 5. The van der Waals surface area contributed by atoms with Gasteiger partial charge in [-0.3, -0.25) is 0 Å². The Morgan fingerprint density at radius 1 is 1.29 bits per heavy atom. The van der Waals surface area contributed by atoms with Crippen molar-refractivity contribution < 1.29 is 17.5 Å². The third-order valence-corrected chi connectivity index (χ3v) is 5.16. The average Bonchev–Trinajstić information content (AvgIpc) is 2.37. The van der Waals surface area contributed by atoms with E-state index in [0.717, 1.165) is 32.1 Å². The lowest BCUT2D eigenvalue weighted by Gasteiger charge is -2.36. The molecule has 2 rings (SSSR count). The van der Waals surface area contributed by atoms with Gasteiger partial charge >= 0.3 is 0 Å². The van der Waals surface area contributed by atoms with Crippen molar-refractivity contribution in [3.8, 4) is 5.75 Å². The van der Waals surface area contributed by atoms with Gasteiger partial charge in [0.15, 0.2) is 0 Å². The Kier molecular flexibility index (Phi) is 5.11. The van der Waals surface area contributed by atoms with Gasteiger partial charge in [-0.2, -0.15) is 0 Å². The lowest BCUT2D eigenvalue weighted by Crippen LogP contribution is -2.40. The summed E-state index contributed by atoms with van der Waals surface area (Å²) in [6, 6.07) is 3.88. The number of benzene rings is 1. The van der Waals surface area contributed by atoms with Crippen LogP contribution in [0.15, 0.2) is 18.2 Å². The standard InChI is InChI=1S/C14H19ClFNO3S/c15-12-8-11(16)4-5-13(12)20-9-14(10-21(17,18)19)6-2-1-3-7-14/h4-5,8H,1-3,6-7,9-10H2,(H2,17,18,19). The van der Waals surface area contributed by atoms with Crippen LogP contribution >= 0.6 is 11.6 Å². The molecule has 1 aromatic carbocycles. The summed E-state index contributed by atoms with van der Waals surface area (Å²) in [6.45, 7) is 0.217. The Morgan fingerprint density at radius 3 is 2.52 bits per heavy atom. The first-order valence-corrected chi connectivity index (χ1v) is 8.97. The summed E-state index contributed by atoms with van der Waals surface area (Å²) in [7, 11) is -3.58. The smallest absolute Gasteiger partial charge is 0.209 e. The second-order valence-electron chi connectivity index (χ2n) is 5.73. The van der Waals surface area contributed by atoms with Crippen molar-refractivity contribution in [2.24, 2.45) is 10.6 Å². The zero-order valence-corrected chi connectivity index (χ0v) is 13.2. The van der Waals surface area contributed by atoms with Crippen LogP contribution in [-0.4, -0.2) is 20.8 Å². The summed E-state index contributed by atoms with van der Waals surface area (Å²) in [5.74, 6) is -0.180. The van der Waals surface area contributed by atoms with E-state index in [9.17, 15) is 12.8 Å². The molecule has 0 saturated heterocycles. The molecule has 7 heteroatoms. The molecule has 0 aliphatic heterocycles. The normalized spacial score (nSPS) is 18.4. The molecule has 0 unspecified atom stereocenters. The molecular weight excluding hydrogens is 317 g/mol. The molecule has 1 aromatic rings. The molecular formula is C14H19ClFNO3S. The highest BCUT2D eigenvalue weighted by molar-refractivity contribution is 7.89. The number of hydrogen-bond acceptors (Lipinski definition) is 3. The zero-order chi connectivity index (χ0) is 15.5. The molecule has 0 amide bonds. The topological polar surface area (TPSA) is 69.4 Å². The molecule has 0 spiro atoms. The van der Waals surface area contributed by atoms with Crippen LogP contribution in [0.25, 0.3) is 0 Å². The van der Waals surface area contributed by atoms with E-state index in [1.165, 1.54) is 18.2 Å². The molecule has 0 radical (unpaired) electrons. The van der Waals surface area contributed by atoms with E-state index >= 15 is 0 Å². The van der Waals surface area contributed by atoms with Crippen LogP contribution in [0.3, 0.4) is 0 Å². The van der Waals surface area contributed by atoms with Crippen LogP contribution in [0.2, 0.25) is 5.02 Å². The first-order valence-electron chi connectivity index (χ1n) is 6.88. The van der Waals surface area contributed by atoms with Crippen molar-refractivity contribution >= 4 is 21.6 Å². The quantitative estimate of drug-likeness (QED) is 0.898. The Bertz CT molecular complexity index is 600. The summed E-state index contributed by atoms with van der Waals surface area (Å²) < 4.78 is 41.6. The van der Waals surface area contributed by atoms with Crippen LogP contribution in [0.4, 0.5) is 4.39 Å². The van der Waals surface area contributed by atoms with Gasteiger partial charge in [-0.1, -0.05) is 30.9 Å². The maximum absolute atomic E-state index is 13.0. The van der Waals surface area contributed by atoms with Crippen molar-refractivity contribution in [3.05, 3.63) is 29.0 Å². The highest BCUT2D eigenvalue weighted by atomic mass is 35.5. The highest BCUT2D eigenvalue weighted by Crippen LogP contribution is 2.38. The SMILES string of the molecule is NS(=O)(=O)CC1(COc2ccc(F)cc2Cl)CCCCC1. The van der Waals surface area contributed by atoms with Crippen molar-refractivity contribution in [2.75, 3.05) is 12.4 Å². The van der Waals surface area contributed by atoms with E-state index in [-0.39, 0.29) is 17.4 Å². The van der Waals surface area contributed by atoms with Crippen LogP contribution in [-0.2, 0) is 10.0 Å². The molecule has 1 fully saturated rings. The minimum absolute atomic E-state index is 0.0984. The monoisotopic (exact) mass is 335 g/mol. The summed E-state index contributed by atoms with van der Waals surface area (Å²) in [5.41, 5.74) is -0.483. The third kappa shape index (κ3) is 4.83. The summed E-state index contributed by atoms with van der Waals surface area (Å²) in [6.07, 6.45) is 4.50. The number of nitrogens with two attached hydrogens (primary N) is 1. The number of primary sulfonamides is 1. The first kappa shape index (κ1) is 16.5. The van der Waals surface area contributed by atoms with E-state index in [2.05, 4.69) is 0 Å². The van der Waals surface area contributed by atoms with Gasteiger partial charge in [0.2, 0.25) is 10.0 Å². The van der Waals surface area contributed by atoms with Gasteiger partial charge in [0.25, 0.3) is 0 Å². The maximum atomic E-state index is 13.0. The average molecular weight is 336 g/mol. The Labute approximate surface area is 129 Å². The lowest BCUT2D eigenvalue weighted by molar-refractivity contribution is 0.118. The van der Waals surface area contributed by atoms with Crippen molar-refractivity contribution in [1.82, 2.24) is 0 Å². The van der Waals surface area contributed by atoms with Gasteiger partial charge in [0.1, 0.15) is 11.6 Å². The number of halogens is 2. The predicted molar refractivity (Wildman–Crippen MR) is 80.4 cm³/mol. The van der Waals surface area contributed by atoms with Crippen molar-refractivity contribution in [1.29, 1.82) is 0 Å². The molecule has 0 aromatic heterocycles. The molecule has 0 heterocycles. The van der Waals surface area contributed by atoms with E-state index in [1.807, 2.05) is 0 Å². The molecule has 4 nitrogen and oxygen atoms in total. The van der Waals surface area contributed by atoms with Crippen LogP contribution < -0.4 is 9.88 Å². The highest BCUT2D eigenvalue weighted by Gasteiger charge is 2.36. The number of ether oxygens (including phenoxy) is 1. The van der Waals surface area contributed by atoms with Crippen molar-refractivity contribution in [3.63, 3.8) is 0 Å². The fourth-order valence-electron chi connectivity index (χ4n) is 2.88.